The van der Waals surface area contributed by atoms with Gasteiger partial charge in [0.1, 0.15) is 0 Å². The molecule has 0 saturated carbocycles. The Bertz CT molecular complexity index is 153. The van der Waals surface area contributed by atoms with Gasteiger partial charge in [0.2, 0.25) is 0 Å². The second-order valence-corrected chi connectivity index (χ2v) is 4.75. The highest BCUT2D eigenvalue weighted by molar-refractivity contribution is 4.62. The summed E-state index contributed by atoms with van der Waals surface area (Å²) in [6.07, 6.45) is 5.06. The fourth-order valence-corrected chi connectivity index (χ4v) is 1.62. The van der Waals surface area contributed by atoms with Crippen LogP contribution in [0.25, 0.3) is 0 Å². The molecule has 0 aliphatic heterocycles. The molecule has 0 rings (SSSR count). The van der Waals surface area contributed by atoms with Crippen molar-refractivity contribution < 1.29 is 9.47 Å². The van der Waals surface area contributed by atoms with E-state index in [4.69, 9.17) is 9.47 Å². The molecule has 0 bridgehead atoms. The standard InChI is InChI=1S/C14H31NO2/c1-5-7-9-16-10-11-17-14(4)12-15-13(3)8-6-2/h13-15H,5-12H2,1-4H3. The van der Waals surface area contributed by atoms with Crippen molar-refractivity contribution in [3.8, 4) is 0 Å². The normalized spacial score (nSPS) is 14.8. The van der Waals surface area contributed by atoms with E-state index in [1.807, 2.05) is 0 Å². The quantitative estimate of drug-likeness (QED) is 0.536. The number of hydrogen-bond donors (Lipinski definition) is 1. The lowest BCUT2D eigenvalue weighted by Gasteiger charge is -2.17. The topological polar surface area (TPSA) is 30.5 Å². The summed E-state index contributed by atoms with van der Waals surface area (Å²) in [7, 11) is 0. The van der Waals surface area contributed by atoms with E-state index in [0.717, 1.165) is 26.2 Å². The van der Waals surface area contributed by atoms with Crippen LogP contribution in [0.3, 0.4) is 0 Å². The molecule has 1 N–H and O–H groups in total. The molecule has 2 unspecified atom stereocenters. The molecule has 0 radical (unpaired) electrons. The van der Waals surface area contributed by atoms with Crippen LogP contribution in [0.5, 0.6) is 0 Å². The highest BCUT2D eigenvalue weighted by atomic mass is 16.5. The molecule has 0 aliphatic rings. The highest BCUT2D eigenvalue weighted by Gasteiger charge is 2.04. The SMILES string of the molecule is CCCCOCCOC(C)CNC(C)CCC. The van der Waals surface area contributed by atoms with Gasteiger partial charge in [0, 0.05) is 19.2 Å². The van der Waals surface area contributed by atoms with Gasteiger partial charge in [-0.15, -0.1) is 0 Å². The number of ether oxygens (including phenoxy) is 2. The maximum Gasteiger partial charge on any atom is 0.0704 e. The Morgan fingerprint density at radius 3 is 2.41 bits per heavy atom. The largest absolute Gasteiger partial charge is 0.379 e. The first-order valence-electron chi connectivity index (χ1n) is 7.13. The van der Waals surface area contributed by atoms with Gasteiger partial charge in [-0.3, -0.25) is 0 Å². The van der Waals surface area contributed by atoms with E-state index in [0.29, 0.717) is 12.6 Å². The van der Waals surface area contributed by atoms with Crippen LogP contribution in [-0.2, 0) is 9.47 Å². The zero-order chi connectivity index (χ0) is 12.9. The first-order valence-corrected chi connectivity index (χ1v) is 7.13. The minimum Gasteiger partial charge on any atom is -0.379 e. The van der Waals surface area contributed by atoms with Crippen molar-refractivity contribution in [1.29, 1.82) is 0 Å². The van der Waals surface area contributed by atoms with Gasteiger partial charge in [-0.2, -0.15) is 0 Å². The fourth-order valence-electron chi connectivity index (χ4n) is 1.62. The third kappa shape index (κ3) is 12.1. The van der Waals surface area contributed by atoms with Crippen molar-refractivity contribution in [2.24, 2.45) is 0 Å². The molecular formula is C14H31NO2. The van der Waals surface area contributed by atoms with Crippen LogP contribution < -0.4 is 5.32 Å². The maximum absolute atomic E-state index is 5.66. The van der Waals surface area contributed by atoms with Crippen molar-refractivity contribution in [2.75, 3.05) is 26.4 Å². The van der Waals surface area contributed by atoms with Crippen molar-refractivity contribution in [2.45, 2.75) is 65.5 Å². The minimum absolute atomic E-state index is 0.268. The molecule has 17 heavy (non-hydrogen) atoms. The molecule has 3 heteroatoms. The zero-order valence-corrected chi connectivity index (χ0v) is 12.1. The fraction of sp³-hybridized carbons (Fsp3) is 1.00. The average molecular weight is 245 g/mol. The Hall–Kier alpha value is -0.120. The lowest BCUT2D eigenvalue weighted by atomic mass is 10.2. The predicted octanol–water partition coefficient (Wildman–Crippen LogP) is 2.99. The summed E-state index contributed by atoms with van der Waals surface area (Å²) in [5.41, 5.74) is 0. The van der Waals surface area contributed by atoms with Crippen LogP contribution in [0.4, 0.5) is 0 Å². The van der Waals surface area contributed by atoms with E-state index in [1.165, 1.54) is 19.3 Å². The molecule has 0 heterocycles. The second kappa shape index (κ2) is 12.3. The lowest BCUT2D eigenvalue weighted by Crippen LogP contribution is -2.34. The highest BCUT2D eigenvalue weighted by Crippen LogP contribution is 1.96. The summed E-state index contributed by atoms with van der Waals surface area (Å²) >= 11 is 0. The Morgan fingerprint density at radius 2 is 1.76 bits per heavy atom. The van der Waals surface area contributed by atoms with Crippen molar-refractivity contribution in [3.63, 3.8) is 0 Å². The Kier molecular flexibility index (Phi) is 12.3. The Morgan fingerprint density at radius 1 is 1.00 bits per heavy atom. The van der Waals surface area contributed by atoms with Crippen LogP contribution >= 0.6 is 0 Å². The van der Waals surface area contributed by atoms with Crippen LogP contribution in [0, 0.1) is 0 Å². The Balaban J connectivity index is 3.25. The van der Waals surface area contributed by atoms with Crippen LogP contribution in [0.15, 0.2) is 0 Å². The second-order valence-electron chi connectivity index (χ2n) is 4.75. The molecule has 0 spiro atoms. The maximum atomic E-state index is 5.66. The number of unbranched alkanes of at least 4 members (excludes halogenated alkanes) is 1. The first kappa shape index (κ1) is 16.9. The summed E-state index contributed by atoms with van der Waals surface area (Å²) in [5, 5.41) is 3.48. The van der Waals surface area contributed by atoms with E-state index in [9.17, 15) is 0 Å². The first-order chi connectivity index (χ1) is 8.20. The molecule has 0 amide bonds. The molecular weight excluding hydrogens is 214 g/mol. The summed E-state index contributed by atoms with van der Waals surface area (Å²) in [6, 6.07) is 0.590. The van der Waals surface area contributed by atoms with Crippen molar-refractivity contribution in [3.05, 3.63) is 0 Å². The van der Waals surface area contributed by atoms with Crippen molar-refractivity contribution >= 4 is 0 Å². The average Bonchev–Trinajstić information content (AvgIpc) is 2.31. The molecule has 0 aliphatic carbocycles. The van der Waals surface area contributed by atoms with Gasteiger partial charge >= 0.3 is 0 Å². The molecule has 2 atom stereocenters. The molecule has 0 aromatic carbocycles. The lowest BCUT2D eigenvalue weighted by molar-refractivity contribution is 0.0114. The van der Waals surface area contributed by atoms with Gasteiger partial charge in [0.25, 0.3) is 0 Å². The summed E-state index contributed by atoms with van der Waals surface area (Å²) < 4.78 is 11.1. The molecule has 3 nitrogen and oxygen atoms in total. The minimum atomic E-state index is 0.268. The summed E-state index contributed by atoms with van der Waals surface area (Å²) in [6.45, 7) is 11.9. The van der Waals surface area contributed by atoms with Crippen LogP contribution in [-0.4, -0.2) is 38.5 Å². The zero-order valence-electron chi connectivity index (χ0n) is 12.1. The van der Waals surface area contributed by atoms with Gasteiger partial charge < -0.3 is 14.8 Å². The number of nitrogens with one attached hydrogen (secondary N) is 1. The van der Waals surface area contributed by atoms with E-state index >= 15 is 0 Å². The van der Waals surface area contributed by atoms with Gasteiger partial charge in [0.15, 0.2) is 0 Å². The van der Waals surface area contributed by atoms with Crippen molar-refractivity contribution in [1.82, 2.24) is 5.32 Å². The van der Waals surface area contributed by atoms with Gasteiger partial charge in [0.05, 0.1) is 19.3 Å². The van der Waals surface area contributed by atoms with Gasteiger partial charge in [-0.05, 0) is 26.7 Å². The van der Waals surface area contributed by atoms with E-state index in [2.05, 4.69) is 33.0 Å². The van der Waals surface area contributed by atoms with E-state index < -0.39 is 0 Å². The third-order valence-electron chi connectivity index (χ3n) is 2.75. The van der Waals surface area contributed by atoms with Crippen LogP contribution in [0.1, 0.15) is 53.4 Å². The Labute approximate surface area is 107 Å². The number of hydrogen-bond acceptors (Lipinski definition) is 3. The van der Waals surface area contributed by atoms with E-state index in [-0.39, 0.29) is 6.10 Å². The van der Waals surface area contributed by atoms with E-state index in [1.54, 1.807) is 0 Å². The summed E-state index contributed by atoms with van der Waals surface area (Å²) in [4.78, 5) is 0. The number of rotatable bonds is 12. The molecule has 104 valence electrons. The monoisotopic (exact) mass is 245 g/mol. The van der Waals surface area contributed by atoms with Gasteiger partial charge in [-0.25, -0.2) is 0 Å². The summed E-state index contributed by atoms with van der Waals surface area (Å²) in [5.74, 6) is 0. The molecule has 0 saturated heterocycles. The predicted molar refractivity (Wildman–Crippen MR) is 73.5 cm³/mol. The molecule has 0 fully saturated rings. The third-order valence-corrected chi connectivity index (χ3v) is 2.75. The van der Waals surface area contributed by atoms with Crippen LogP contribution in [0.2, 0.25) is 0 Å². The molecule has 0 aromatic heterocycles. The molecule has 0 aromatic rings. The van der Waals surface area contributed by atoms with Gasteiger partial charge in [-0.1, -0.05) is 26.7 Å². The smallest absolute Gasteiger partial charge is 0.0704 e.